The van der Waals surface area contributed by atoms with Gasteiger partial charge >= 0.3 is 0 Å². The zero-order valence-corrected chi connectivity index (χ0v) is 12.5. The fourth-order valence-corrected chi connectivity index (χ4v) is 3.09. The molecule has 2 unspecified atom stereocenters. The van der Waals surface area contributed by atoms with Crippen LogP contribution in [-0.2, 0) is 14.3 Å². The van der Waals surface area contributed by atoms with Crippen molar-refractivity contribution in [2.75, 3.05) is 24.3 Å². The number of amides is 1. The summed E-state index contributed by atoms with van der Waals surface area (Å²) in [7, 11) is 0. The number of rotatable bonds is 4. The molecular weight excluding hydrogens is 290 g/mol. The lowest BCUT2D eigenvalue weighted by Gasteiger charge is -2.16. The topological polar surface area (TPSA) is 86.5 Å². The Bertz CT molecular complexity index is 652. The predicted octanol–water partition coefficient (Wildman–Crippen LogP) is 2.01. The van der Waals surface area contributed by atoms with Crippen LogP contribution in [0.4, 0.5) is 10.8 Å². The molecule has 21 heavy (non-hydrogen) atoms. The van der Waals surface area contributed by atoms with Gasteiger partial charge in [-0.15, -0.1) is 0 Å². The molecule has 2 atom stereocenters. The molecule has 2 heterocycles. The van der Waals surface area contributed by atoms with Crippen LogP contribution in [0.1, 0.15) is 13.3 Å². The first-order valence-corrected chi connectivity index (χ1v) is 7.63. The van der Waals surface area contributed by atoms with Crippen molar-refractivity contribution >= 4 is 38.3 Å². The summed E-state index contributed by atoms with van der Waals surface area (Å²) in [6, 6.07) is 5.48. The zero-order chi connectivity index (χ0) is 14.8. The summed E-state index contributed by atoms with van der Waals surface area (Å²) in [5.74, 6) is -0.200. The van der Waals surface area contributed by atoms with Gasteiger partial charge in [-0.25, -0.2) is 4.98 Å². The molecule has 1 amide bonds. The number of fused-ring (bicyclic) bond motifs is 1. The summed E-state index contributed by atoms with van der Waals surface area (Å²) >= 11 is 1.40. The molecule has 1 aliphatic rings. The summed E-state index contributed by atoms with van der Waals surface area (Å²) in [5, 5.41) is 3.34. The number of nitrogens with two attached hydrogens (primary N) is 1. The van der Waals surface area contributed by atoms with Gasteiger partial charge in [0, 0.05) is 12.3 Å². The molecule has 1 aromatic heterocycles. The normalized spacial score (nSPS) is 19.8. The minimum atomic E-state index is -0.534. The van der Waals surface area contributed by atoms with Gasteiger partial charge in [0.25, 0.3) is 5.91 Å². The number of carbonyl (C=O) groups is 1. The maximum Gasteiger partial charge on any atom is 0.255 e. The van der Waals surface area contributed by atoms with Crippen molar-refractivity contribution in [1.29, 1.82) is 0 Å². The number of nitrogens with one attached hydrogen (secondary N) is 1. The van der Waals surface area contributed by atoms with Gasteiger partial charge in [-0.05, 0) is 31.5 Å². The van der Waals surface area contributed by atoms with E-state index >= 15 is 0 Å². The van der Waals surface area contributed by atoms with E-state index in [-0.39, 0.29) is 12.0 Å². The third-order valence-corrected chi connectivity index (χ3v) is 4.23. The van der Waals surface area contributed by atoms with E-state index in [9.17, 15) is 4.79 Å². The monoisotopic (exact) mass is 307 g/mol. The number of nitrogens with zero attached hydrogens (tertiary/aromatic N) is 1. The van der Waals surface area contributed by atoms with E-state index in [0.717, 1.165) is 16.6 Å². The van der Waals surface area contributed by atoms with Crippen LogP contribution in [0.5, 0.6) is 0 Å². The summed E-state index contributed by atoms with van der Waals surface area (Å²) in [5.41, 5.74) is 7.24. The maximum atomic E-state index is 12.1. The number of aromatic nitrogens is 1. The molecule has 2 aromatic rings. The summed E-state index contributed by atoms with van der Waals surface area (Å²) < 4.78 is 11.8. The van der Waals surface area contributed by atoms with Crippen LogP contribution in [0.3, 0.4) is 0 Å². The number of hydrogen-bond donors (Lipinski definition) is 2. The molecule has 3 N–H and O–H groups in total. The smallest absolute Gasteiger partial charge is 0.255 e. The largest absolute Gasteiger partial charge is 0.399 e. The Balaban J connectivity index is 1.64. The average Bonchev–Trinajstić information content (AvgIpc) is 3.07. The maximum absolute atomic E-state index is 12.1. The Hall–Kier alpha value is -1.70. The molecule has 1 saturated heterocycles. The number of carbonyl (C=O) groups excluding carboxylic acids is 1. The highest BCUT2D eigenvalue weighted by Crippen LogP contribution is 2.27. The second-order valence-electron chi connectivity index (χ2n) is 5.00. The molecule has 0 aliphatic carbocycles. The van der Waals surface area contributed by atoms with E-state index in [1.54, 1.807) is 13.0 Å². The van der Waals surface area contributed by atoms with Crippen molar-refractivity contribution in [2.45, 2.75) is 25.6 Å². The van der Waals surface area contributed by atoms with Crippen molar-refractivity contribution in [1.82, 2.24) is 4.98 Å². The highest BCUT2D eigenvalue weighted by molar-refractivity contribution is 7.22. The molecule has 7 heteroatoms. The fraction of sp³-hybridized carbons (Fsp3) is 0.429. The lowest BCUT2D eigenvalue weighted by Crippen LogP contribution is -2.31. The Kier molecular flexibility index (Phi) is 4.05. The Morgan fingerprint density at radius 3 is 3.24 bits per heavy atom. The van der Waals surface area contributed by atoms with Crippen molar-refractivity contribution in [3.05, 3.63) is 18.2 Å². The molecule has 0 radical (unpaired) electrons. The number of hydrogen-bond acceptors (Lipinski definition) is 6. The average molecular weight is 307 g/mol. The Morgan fingerprint density at radius 2 is 2.48 bits per heavy atom. The molecule has 1 aromatic carbocycles. The lowest BCUT2D eigenvalue weighted by molar-refractivity contribution is -0.129. The molecular formula is C14H17N3O3S. The van der Waals surface area contributed by atoms with E-state index in [2.05, 4.69) is 10.3 Å². The minimum absolute atomic E-state index is 0.000848. The molecule has 6 nitrogen and oxygen atoms in total. The van der Waals surface area contributed by atoms with Gasteiger partial charge in [0.05, 0.1) is 22.9 Å². The van der Waals surface area contributed by atoms with Crippen LogP contribution in [0, 0.1) is 0 Å². The first kappa shape index (κ1) is 14.2. The number of thiazole rings is 1. The second kappa shape index (κ2) is 5.97. The molecule has 0 saturated carbocycles. The van der Waals surface area contributed by atoms with E-state index in [0.29, 0.717) is 24.0 Å². The number of ether oxygens (including phenoxy) is 2. The van der Waals surface area contributed by atoms with Crippen molar-refractivity contribution in [3.8, 4) is 0 Å². The molecule has 112 valence electrons. The van der Waals surface area contributed by atoms with E-state index in [1.165, 1.54) is 11.3 Å². The van der Waals surface area contributed by atoms with Crippen LogP contribution in [-0.4, -0.2) is 36.3 Å². The highest BCUT2D eigenvalue weighted by Gasteiger charge is 2.23. The summed E-state index contributed by atoms with van der Waals surface area (Å²) in [6.45, 7) is 2.98. The van der Waals surface area contributed by atoms with Crippen molar-refractivity contribution in [3.63, 3.8) is 0 Å². The van der Waals surface area contributed by atoms with Gasteiger partial charge in [-0.1, -0.05) is 11.3 Å². The predicted molar refractivity (Wildman–Crippen MR) is 82.4 cm³/mol. The second-order valence-corrected chi connectivity index (χ2v) is 6.03. The van der Waals surface area contributed by atoms with Crippen LogP contribution in [0.15, 0.2) is 18.2 Å². The number of anilines is 2. The first-order valence-electron chi connectivity index (χ1n) is 6.82. The molecule has 0 spiro atoms. The SMILES string of the molecule is CC(OC1CCOC1)C(=O)Nc1nc2ccc(N)cc2s1. The fourth-order valence-electron chi connectivity index (χ4n) is 2.17. The van der Waals surface area contributed by atoms with E-state index in [4.69, 9.17) is 15.2 Å². The third-order valence-electron chi connectivity index (χ3n) is 3.30. The van der Waals surface area contributed by atoms with Crippen LogP contribution in [0.25, 0.3) is 10.2 Å². The van der Waals surface area contributed by atoms with Crippen LogP contribution in [0.2, 0.25) is 0 Å². The standard InChI is InChI=1S/C14H17N3O3S/c1-8(20-10-4-5-19-7-10)13(18)17-14-16-11-3-2-9(15)6-12(11)21-14/h2-3,6,8,10H,4-5,7,15H2,1H3,(H,16,17,18). The third kappa shape index (κ3) is 3.31. The highest BCUT2D eigenvalue weighted by atomic mass is 32.1. The van der Waals surface area contributed by atoms with E-state index in [1.807, 2.05) is 12.1 Å². The number of nitrogen functional groups attached to an aromatic ring is 1. The van der Waals surface area contributed by atoms with Crippen LogP contribution < -0.4 is 11.1 Å². The van der Waals surface area contributed by atoms with E-state index < -0.39 is 6.10 Å². The molecule has 3 rings (SSSR count). The van der Waals surface area contributed by atoms with Gasteiger partial charge < -0.3 is 15.2 Å². The summed E-state index contributed by atoms with van der Waals surface area (Å²) in [6.07, 6.45) is 0.299. The minimum Gasteiger partial charge on any atom is -0.399 e. The van der Waals surface area contributed by atoms with Gasteiger partial charge in [-0.3, -0.25) is 10.1 Å². The quantitative estimate of drug-likeness (QED) is 0.844. The van der Waals surface area contributed by atoms with Crippen LogP contribution >= 0.6 is 11.3 Å². The zero-order valence-electron chi connectivity index (χ0n) is 11.7. The molecule has 1 fully saturated rings. The number of benzene rings is 1. The van der Waals surface area contributed by atoms with Gasteiger partial charge in [0.15, 0.2) is 5.13 Å². The Labute approximate surface area is 126 Å². The summed E-state index contributed by atoms with van der Waals surface area (Å²) in [4.78, 5) is 16.5. The van der Waals surface area contributed by atoms with Gasteiger partial charge in [0.2, 0.25) is 0 Å². The van der Waals surface area contributed by atoms with Crippen molar-refractivity contribution < 1.29 is 14.3 Å². The van der Waals surface area contributed by atoms with Gasteiger partial charge in [-0.2, -0.15) is 0 Å². The first-order chi connectivity index (χ1) is 10.1. The van der Waals surface area contributed by atoms with Crippen molar-refractivity contribution in [2.24, 2.45) is 0 Å². The molecule has 1 aliphatic heterocycles. The Morgan fingerprint density at radius 1 is 1.62 bits per heavy atom. The molecule has 0 bridgehead atoms. The lowest BCUT2D eigenvalue weighted by atomic mass is 10.3. The van der Waals surface area contributed by atoms with Gasteiger partial charge in [0.1, 0.15) is 6.10 Å².